The first kappa shape index (κ1) is 18.0. The number of benzene rings is 2. The summed E-state index contributed by atoms with van der Waals surface area (Å²) in [4.78, 5) is 12.3. The Bertz CT molecular complexity index is 941. The molecule has 0 amide bonds. The van der Waals surface area contributed by atoms with Crippen molar-refractivity contribution in [3.63, 3.8) is 0 Å². The number of nitrogens with zero attached hydrogens (tertiary/aromatic N) is 2. The van der Waals surface area contributed by atoms with E-state index in [9.17, 15) is 4.79 Å². The number of halogens is 2. The molecule has 3 rings (SSSR count). The van der Waals surface area contributed by atoms with Gasteiger partial charge in [-0.2, -0.15) is 0 Å². The summed E-state index contributed by atoms with van der Waals surface area (Å²) < 4.78 is 5.63. The number of Topliss-reactive ketones (excluding diaryl/α,β-unsaturated/α-hetero) is 1. The molecule has 0 unspecified atom stereocenters. The van der Waals surface area contributed by atoms with E-state index in [0.717, 1.165) is 11.1 Å². The van der Waals surface area contributed by atoms with Gasteiger partial charge in [-0.3, -0.25) is 4.79 Å². The molecule has 0 aliphatic rings. The number of rotatable bonds is 5. The van der Waals surface area contributed by atoms with Crippen LogP contribution in [-0.2, 0) is 0 Å². The van der Waals surface area contributed by atoms with Crippen LogP contribution in [0.1, 0.15) is 21.5 Å². The topological polar surface area (TPSA) is 56.0 Å². The predicted octanol–water partition coefficient (Wildman–Crippen LogP) is 5.64. The zero-order valence-electron chi connectivity index (χ0n) is 13.5. The summed E-state index contributed by atoms with van der Waals surface area (Å²) in [6, 6.07) is 10.7. The zero-order valence-corrected chi connectivity index (χ0v) is 15.9. The van der Waals surface area contributed by atoms with Gasteiger partial charge >= 0.3 is 0 Å². The average Bonchev–Trinajstić information content (AvgIpc) is 3.04. The van der Waals surface area contributed by atoms with E-state index in [-0.39, 0.29) is 11.5 Å². The zero-order chi connectivity index (χ0) is 18.0. The molecule has 0 N–H and O–H groups in total. The lowest BCUT2D eigenvalue weighted by Crippen LogP contribution is -2.03. The molecule has 128 valence electrons. The molecule has 1 aromatic heterocycles. The summed E-state index contributed by atoms with van der Waals surface area (Å²) >= 11 is 13.1. The lowest BCUT2D eigenvalue weighted by molar-refractivity contribution is 0.102. The Morgan fingerprint density at radius 1 is 1.08 bits per heavy atom. The lowest BCUT2D eigenvalue weighted by atomic mass is 10.1. The third-order valence-corrected chi connectivity index (χ3v) is 5.08. The van der Waals surface area contributed by atoms with E-state index in [1.807, 2.05) is 32.0 Å². The first-order chi connectivity index (χ1) is 11.9. The van der Waals surface area contributed by atoms with Crippen molar-refractivity contribution < 1.29 is 9.21 Å². The maximum absolute atomic E-state index is 12.3. The van der Waals surface area contributed by atoms with Gasteiger partial charge in [-0.05, 0) is 55.3 Å². The highest BCUT2D eigenvalue weighted by Gasteiger charge is 2.15. The normalized spacial score (nSPS) is 10.9. The monoisotopic (exact) mass is 392 g/mol. The van der Waals surface area contributed by atoms with Gasteiger partial charge in [0.2, 0.25) is 5.89 Å². The van der Waals surface area contributed by atoms with Crippen molar-refractivity contribution in [2.75, 3.05) is 5.75 Å². The molecule has 0 saturated heterocycles. The molecule has 0 atom stereocenters. The maximum Gasteiger partial charge on any atom is 0.277 e. The fourth-order valence-electron chi connectivity index (χ4n) is 2.18. The van der Waals surface area contributed by atoms with Gasteiger partial charge in [0.25, 0.3) is 5.22 Å². The van der Waals surface area contributed by atoms with Gasteiger partial charge in [-0.25, -0.2) is 0 Å². The number of aromatic nitrogens is 2. The van der Waals surface area contributed by atoms with E-state index in [2.05, 4.69) is 10.2 Å². The Kier molecular flexibility index (Phi) is 5.47. The highest BCUT2D eigenvalue weighted by Crippen LogP contribution is 2.27. The van der Waals surface area contributed by atoms with Gasteiger partial charge in [0.15, 0.2) is 5.78 Å². The second-order valence-electron chi connectivity index (χ2n) is 5.51. The summed E-state index contributed by atoms with van der Waals surface area (Å²) in [7, 11) is 0. The molecule has 4 nitrogen and oxygen atoms in total. The second kappa shape index (κ2) is 7.60. The van der Waals surface area contributed by atoms with Gasteiger partial charge in [0.1, 0.15) is 0 Å². The highest BCUT2D eigenvalue weighted by molar-refractivity contribution is 7.99. The Morgan fingerprint density at radius 2 is 1.88 bits per heavy atom. The molecule has 0 bridgehead atoms. The van der Waals surface area contributed by atoms with Crippen LogP contribution in [0.2, 0.25) is 10.0 Å². The molecule has 7 heteroatoms. The lowest BCUT2D eigenvalue weighted by Gasteiger charge is -2.02. The van der Waals surface area contributed by atoms with E-state index in [0.29, 0.717) is 26.7 Å². The summed E-state index contributed by atoms with van der Waals surface area (Å²) in [6.07, 6.45) is 0. The Labute approximate surface area is 159 Å². The molecule has 25 heavy (non-hydrogen) atoms. The first-order valence-corrected chi connectivity index (χ1v) is 9.20. The van der Waals surface area contributed by atoms with E-state index in [1.54, 1.807) is 18.2 Å². The van der Waals surface area contributed by atoms with E-state index < -0.39 is 0 Å². The van der Waals surface area contributed by atoms with Crippen molar-refractivity contribution in [2.45, 2.75) is 19.1 Å². The van der Waals surface area contributed by atoms with Crippen LogP contribution in [0, 0.1) is 13.8 Å². The Morgan fingerprint density at radius 3 is 2.60 bits per heavy atom. The van der Waals surface area contributed by atoms with Gasteiger partial charge in [-0.1, -0.05) is 41.0 Å². The SMILES string of the molecule is Cc1ccc(-c2nnc(SCC(=O)c3ccc(Cl)cc3Cl)o2)cc1C. The molecule has 0 spiro atoms. The average molecular weight is 393 g/mol. The number of ketones is 1. The molecule has 0 radical (unpaired) electrons. The largest absolute Gasteiger partial charge is 0.411 e. The molecule has 0 aliphatic carbocycles. The quantitative estimate of drug-likeness (QED) is 0.415. The number of carbonyl (C=O) groups is 1. The molecule has 2 aromatic carbocycles. The minimum atomic E-state index is -0.127. The van der Waals surface area contributed by atoms with Gasteiger partial charge in [0.05, 0.1) is 10.8 Å². The van der Waals surface area contributed by atoms with Gasteiger partial charge in [0, 0.05) is 16.1 Å². The number of hydrogen-bond donors (Lipinski definition) is 0. The van der Waals surface area contributed by atoms with Crippen LogP contribution in [0.3, 0.4) is 0 Å². The van der Waals surface area contributed by atoms with E-state index >= 15 is 0 Å². The van der Waals surface area contributed by atoms with Crippen molar-refractivity contribution in [1.82, 2.24) is 10.2 Å². The smallest absolute Gasteiger partial charge is 0.277 e. The summed E-state index contributed by atoms with van der Waals surface area (Å²) in [5.74, 6) is 0.454. The van der Waals surface area contributed by atoms with Crippen molar-refractivity contribution in [1.29, 1.82) is 0 Å². The van der Waals surface area contributed by atoms with Crippen LogP contribution in [0.4, 0.5) is 0 Å². The van der Waals surface area contributed by atoms with Crippen molar-refractivity contribution in [3.8, 4) is 11.5 Å². The molecule has 0 aliphatic heterocycles. The number of thioether (sulfide) groups is 1. The third-order valence-electron chi connectivity index (χ3n) is 3.72. The summed E-state index contributed by atoms with van der Waals surface area (Å²) in [5.41, 5.74) is 3.63. The number of hydrogen-bond acceptors (Lipinski definition) is 5. The van der Waals surface area contributed by atoms with Crippen LogP contribution in [-0.4, -0.2) is 21.7 Å². The van der Waals surface area contributed by atoms with Crippen LogP contribution < -0.4 is 0 Å². The van der Waals surface area contributed by atoms with Gasteiger partial charge in [-0.15, -0.1) is 10.2 Å². The fourth-order valence-corrected chi connectivity index (χ4v) is 3.34. The molecular formula is C18H14Cl2N2O2S. The summed E-state index contributed by atoms with van der Waals surface area (Å²) in [5, 5.41) is 9.19. The summed E-state index contributed by atoms with van der Waals surface area (Å²) in [6.45, 7) is 4.07. The maximum atomic E-state index is 12.3. The molecular weight excluding hydrogens is 379 g/mol. The molecule has 3 aromatic rings. The minimum absolute atomic E-state index is 0.127. The fraction of sp³-hybridized carbons (Fsp3) is 0.167. The Hall–Kier alpha value is -1.82. The Balaban J connectivity index is 1.69. The molecule has 0 saturated carbocycles. The third kappa shape index (κ3) is 4.24. The standard InChI is InChI=1S/C18H14Cl2N2O2S/c1-10-3-4-12(7-11(10)2)17-21-22-18(24-17)25-9-16(23)14-6-5-13(19)8-15(14)20/h3-8H,9H2,1-2H3. The van der Waals surface area contributed by atoms with E-state index in [1.165, 1.54) is 17.3 Å². The van der Waals surface area contributed by atoms with Crippen LogP contribution in [0.15, 0.2) is 46.0 Å². The molecule has 1 heterocycles. The van der Waals surface area contributed by atoms with Crippen LogP contribution in [0.25, 0.3) is 11.5 Å². The molecule has 0 fully saturated rings. The predicted molar refractivity (Wildman–Crippen MR) is 101 cm³/mol. The first-order valence-electron chi connectivity index (χ1n) is 7.46. The number of aryl methyl sites for hydroxylation is 2. The second-order valence-corrected chi connectivity index (χ2v) is 7.28. The van der Waals surface area contributed by atoms with Crippen molar-refractivity contribution in [3.05, 3.63) is 63.1 Å². The highest BCUT2D eigenvalue weighted by atomic mass is 35.5. The van der Waals surface area contributed by atoms with Crippen molar-refractivity contribution in [2.24, 2.45) is 0 Å². The van der Waals surface area contributed by atoms with Gasteiger partial charge < -0.3 is 4.42 Å². The van der Waals surface area contributed by atoms with Crippen LogP contribution in [0.5, 0.6) is 0 Å². The minimum Gasteiger partial charge on any atom is -0.411 e. The number of carbonyl (C=O) groups excluding carboxylic acids is 1. The van der Waals surface area contributed by atoms with E-state index in [4.69, 9.17) is 27.6 Å². The van der Waals surface area contributed by atoms with Crippen LogP contribution >= 0.6 is 35.0 Å². The van der Waals surface area contributed by atoms with Crippen molar-refractivity contribution >= 4 is 40.7 Å².